The first-order valence-corrected chi connectivity index (χ1v) is 4.07. The molecular formula is C8H14O4. The molecule has 12 heavy (non-hydrogen) atoms. The van der Waals surface area contributed by atoms with Gasteiger partial charge >= 0.3 is 5.97 Å². The number of hydrogen-bond donors (Lipinski definition) is 2. The maximum atomic E-state index is 10.6. The van der Waals surface area contributed by atoms with Gasteiger partial charge in [-0.25, -0.2) is 4.79 Å². The number of aliphatic carboxylic acids is 1. The molecule has 1 aliphatic rings. The minimum absolute atomic E-state index is 0.115. The van der Waals surface area contributed by atoms with Crippen LogP contribution in [0.3, 0.4) is 0 Å². The summed E-state index contributed by atoms with van der Waals surface area (Å²) in [6.07, 6.45) is 1.95. The van der Waals surface area contributed by atoms with Gasteiger partial charge in [0.1, 0.15) is 0 Å². The molecule has 1 rings (SSSR count). The molecule has 0 unspecified atom stereocenters. The number of carbonyl (C=O) groups is 1. The van der Waals surface area contributed by atoms with Crippen LogP contribution < -0.4 is 0 Å². The Kier molecular flexibility index (Phi) is 2.69. The molecule has 0 amide bonds. The zero-order chi connectivity index (χ0) is 9.19. The molecule has 1 fully saturated rings. The Labute approximate surface area is 71.2 Å². The fourth-order valence-corrected chi connectivity index (χ4v) is 1.52. The third-order valence-corrected chi connectivity index (χ3v) is 2.49. The Morgan fingerprint density at radius 3 is 2.33 bits per heavy atom. The highest BCUT2D eigenvalue weighted by atomic mass is 16.5. The molecule has 0 aromatic rings. The minimum Gasteiger partial charge on any atom is -0.479 e. The lowest BCUT2D eigenvalue weighted by atomic mass is 9.83. The van der Waals surface area contributed by atoms with E-state index in [1.54, 1.807) is 7.11 Å². The maximum absolute atomic E-state index is 10.6. The van der Waals surface area contributed by atoms with Crippen molar-refractivity contribution < 1.29 is 19.7 Å². The molecule has 0 heterocycles. The van der Waals surface area contributed by atoms with Gasteiger partial charge in [0.2, 0.25) is 0 Å². The SMILES string of the molecule is COC1CCC(O)(C(=O)O)CC1. The third-order valence-electron chi connectivity index (χ3n) is 2.49. The number of methoxy groups -OCH3 is 1. The van der Waals surface area contributed by atoms with Crippen LogP contribution in [0.25, 0.3) is 0 Å². The van der Waals surface area contributed by atoms with Gasteiger partial charge < -0.3 is 14.9 Å². The van der Waals surface area contributed by atoms with Crippen LogP contribution in [-0.4, -0.2) is 35.0 Å². The summed E-state index contributed by atoms with van der Waals surface area (Å²) in [5, 5.41) is 18.2. The predicted molar refractivity (Wildman–Crippen MR) is 41.9 cm³/mol. The smallest absolute Gasteiger partial charge is 0.335 e. The molecule has 1 aliphatic carbocycles. The van der Waals surface area contributed by atoms with Crippen LogP contribution in [0.4, 0.5) is 0 Å². The average molecular weight is 174 g/mol. The average Bonchev–Trinajstić information content (AvgIpc) is 2.06. The predicted octanol–water partition coefficient (Wildman–Crippen LogP) is 0.391. The van der Waals surface area contributed by atoms with Gasteiger partial charge in [0.15, 0.2) is 5.60 Å². The van der Waals surface area contributed by atoms with Gasteiger partial charge in [-0.3, -0.25) is 0 Å². The van der Waals surface area contributed by atoms with Gasteiger partial charge in [-0.2, -0.15) is 0 Å². The van der Waals surface area contributed by atoms with Crippen LogP contribution in [0.15, 0.2) is 0 Å². The van der Waals surface area contributed by atoms with E-state index in [4.69, 9.17) is 9.84 Å². The topological polar surface area (TPSA) is 66.8 Å². The molecule has 0 bridgehead atoms. The molecular weight excluding hydrogens is 160 g/mol. The first kappa shape index (κ1) is 9.48. The van der Waals surface area contributed by atoms with Crippen molar-refractivity contribution in [1.29, 1.82) is 0 Å². The van der Waals surface area contributed by atoms with Crippen molar-refractivity contribution in [2.24, 2.45) is 0 Å². The molecule has 0 atom stereocenters. The van der Waals surface area contributed by atoms with Crippen LogP contribution in [-0.2, 0) is 9.53 Å². The van der Waals surface area contributed by atoms with E-state index < -0.39 is 11.6 Å². The zero-order valence-corrected chi connectivity index (χ0v) is 7.12. The van der Waals surface area contributed by atoms with E-state index >= 15 is 0 Å². The monoisotopic (exact) mass is 174 g/mol. The number of carboxylic acid groups (broad SMARTS) is 1. The fraction of sp³-hybridized carbons (Fsp3) is 0.875. The summed E-state index contributed by atoms with van der Waals surface area (Å²) in [5.74, 6) is -1.11. The van der Waals surface area contributed by atoms with Crippen LogP contribution in [0.1, 0.15) is 25.7 Å². The number of hydrogen-bond acceptors (Lipinski definition) is 3. The highest BCUT2D eigenvalue weighted by Gasteiger charge is 2.39. The van der Waals surface area contributed by atoms with Crippen molar-refractivity contribution in [3.05, 3.63) is 0 Å². The molecule has 4 nitrogen and oxygen atoms in total. The lowest BCUT2D eigenvalue weighted by molar-refractivity contribution is -0.164. The van der Waals surface area contributed by atoms with Gasteiger partial charge in [0.05, 0.1) is 6.10 Å². The molecule has 0 aromatic heterocycles. The lowest BCUT2D eigenvalue weighted by Gasteiger charge is -2.31. The Hall–Kier alpha value is -0.610. The second kappa shape index (κ2) is 3.41. The Bertz CT molecular complexity index is 170. The molecule has 4 heteroatoms. The first-order valence-electron chi connectivity index (χ1n) is 4.07. The second-order valence-corrected chi connectivity index (χ2v) is 3.27. The second-order valence-electron chi connectivity index (χ2n) is 3.27. The Balaban J connectivity index is 2.49. The Morgan fingerprint density at radius 1 is 1.50 bits per heavy atom. The van der Waals surface area contributed by atoms with Gasteiger partial charge in [-0.1, -0.05) is 0 Å². The van der Waals surface area contributed by atoms with Crippen molar-refractivity contribution >= 4 is 5.97 Å². The molecule has 0 saturated heterocycles. The maximum Gasteiger partial charge on any atom is 0.335 e. The standard InChI is InChI=1S/C8H14O4/c1-12-6-2-4-8(11,5-3-6)7(9)10/h6,11H,2-5H2,1H3,(H,9,10). The summed E-state index contributed by atoms with van der Waals surface area (Å²) in [6.45, 7) is 0. The van der Waals surface area contributed by atoms with Gasteiger partial charge in [0.25, 0.3) is 0 Å². The minimum atomic E-state index is -1.50. The van der Waals surface area contributed by atoms with Crippen LogP contribution in [0.2, 0.25) is 0 Å². The van der Waals surface area contributed by atoms with E-state index in [0.717, 1.165) is 0 Å². The van der Waals surface area contributed by atoms with Crippen molar-refractivity contribution in [1.82, 2.24) is 0 Å². The molecule has 2 N–H and O–H groups in total. The van der Waals surface area contributed by atoms with Crippen LogP contribution >= 0.6 is 0 Å². The summed E-state index contributed by atoms with van der Waals surface area (Å²) in [5.41, 5.74) is -1.50. The molecule has 0 aliphatic heterocycles. The van der Waals surface area contributed by atoms with E-state index in [2.05, 4.69) is 0 Å². The zero-order valence-electron chi connectivity index (χ0n) is 7.12. The number of aliphatic hydroxyl groups is 1. The van der Waals surface area contributed by atoms with Crippen molar-refractivity contribution in [3.8, 4) is 0 Å². The van der Waals surface area contributed by atoms with E-state index in [1.807, 2.05) is 0 Å². The van der Waals surface area contributed by atoms with E-state index in [9.17, 15) is 9.90 Å². The summed E-state index contributed by atoms with van der Waals surface area (Å²) in [6, 6.07) is 0. The van der Waals surface area contributed by atoms with Gasteiger partial charge in [0, 0.05) is 7.11 Å². The summed E-state index contributed by atoms with van der Waals surface area (Å²) >= 11 is 0. The first-order chi connectivity index (χ1) is 5.58. The van der Waals surface area contributed by atoms with E-state index in [1.165, 1.54) is 0 Å². The highest BCUT2D eigenvalue weighted by molar-refractivity contribution is 5.77. The lowest BCUT2D eigenvalue weighted by Crippen LogP contribution is -2.43. The quantitative estimate of drug-likeness (QED) is 0.635. The summed E-state index contributed by atoms with van der Waals surface area (Å²) in [4.78, 5) is 10.6. The molecule has 0 spiro atoms. The van der Waals surface area contributed by atoms with Gasteiger partial charge in [-0.05, 0) is 25.7 Å². The Morgan fingerprint density at radius 2 is 2.00 bits per heavy atom. The van der Waals surface area contributed by atoms with Crippen molar-refractivity contribution in [3.63, 3.8) is 0 Å². The number of carboxylic acids is 1. The molecule has 0 aromatic carbocycles. The van der Waals surface area contributed by atoms with Crippen molar-refractivity contribution in [2.45, 2.75) is 37.4 Å². The summed E-state index contributed by atoms with van der Waals surface area (Å²) in [7, 11) is 1.61. The number of rotatable bonds is 2. The molecule has 1 saturated carbocycles. The summed E-state index contributed by atoms with van der Waals surface area (Å²) < 4.78 is 5.06. The number of ether oxygens (including phenoxy) is 1. The molecule has 70 valence electrons. The van der Waals surface area contributed by atoms with Gasteiger partial charge in [-0.15, -0.1) is 0 Å². The van der Waals surface area contributed by atoms with Crippen LogP contribution in [0, 0.1) is 0 Å². The normalized spacial score (nSPS) is 36.3. The highest BCUT2D eigenvalue weighted by Crippen LogP contribution is 2.29. The van der Waals surface area contributed by atoms with E-state index in [-0.39, 0.29) is 6.10 Å². The van der Waals surface area contributed by atoms with Crippen molar-refractivity contribution in [2.75, 3.05) is 7.11 Å². The third kappa shape index (κ3) is 1.76. The largest absolute Gasteiger partial charge is 0.479 e. The fourth-order valence-electron chi connectivity index (χ4n) is 1.52. The van der Waals surface area contributed by atoms with Crippen LogP contribution in [0.5, 0.6) is 0 Å². The van der Waals surface area contributed by atoms with E-state index in [0.29, 0.717) is 25.7 Å². The molecule has 0 radical (unpaired) electrons.